The lowest BCUT2D eigenvalue weighted by molar-refractivity contribution is -0.138. The van der Waals surface area contributed by atoms with Crippen LogP contribution in [0.3, 0.4) is 0 Å². The lowest BCUT2D eigenvalue weighted by Gasteiger charge is -2.15. The second kappa shape index (κ2) is 10.5. The van der Waals surface area contributed by atoms with Crippen molar-refractivity contribution in [3.8, 4) is 11.4 Å². The zero-order chi connectivity index (χ0) is 27.7. The molecule has 3 heterocycles. The summed E-state index contributed by atoms with van der Waals surface area (Å²) in [6.07, 6.45) is -7.99. The van der Waals surface area contributed by atoms with Gasteiger partial charge in [-0.1, -0.05) is 19.9 Å². The number of benzene rings is 1. The molecule has 0 aliphatic heterocycles. The number of aryl methyl sites for hydroxylation is 1. The van der Waals surface area contributed by atoms with E-state index in [1.165, 1.54) is 43.5 Å². The summed E-state index contributed by atoms with van der Waals surface area (Å²) in [5.74, 6) is 0.507. The van der Waals surface area contributed by atoms with Gasteiger partial charge in [-0.25, -0.2) is 15.0 Å². The Hall–Kier alpha value is -3.80. The fourth-order valence-electron chi connectivity index (χ4n) is 3.71. The maximum Gasteiger partial charge on any atom is 0.418 e. The molecular weight excluding hydrogens is 512 g/mol. The molecular formula is C26H23F6N5O. The minimum absolute atomic E-state index is 0.0325. The van der Waals surface area contributed by atoms with E-state index < -0.39 is 23.5 Å². The standard InChI is InChI=1S/C26H23F6N5O/c1-14(2)12-38-13-21-36-23(34-16-7-6-15(3)19(11-16)26(30,31)32)17-8-9-20(35-24(17)37-21)22-18(25(27,28)29)5-4-10-33-22/h4-11,14H,12-13H2,1-3H3,(H,34,35,36,37). The van der Waals surface area contributed by atoms with Crippen LogP contribution in [0.15, 0.2) is 48.7 Å². The van der Waals surface area contributed by atoms with Crippen LogP contribution in [0, 0.1) is 12.8 Å². The van der Waals surface area contributed by atoms with Crippen molar-refractivity contribution >= 4 is 22.5 Å². The molecule has 3 aromatic heterocycles. The number of hydrogen-bond acceptors (Lipinski definition) is 6. The molecule has 0 saturated carbocycles. The zero-order valence-corrected chi connectivity index (χ0v) is 20.6. The molecule has 0 amide bonds. The first-order chi connectivity index (χ1) is 17.8. The van der Waals surface area contributed by atoms with E-state index in [0.717, 1.165) is 12.1 Å². The Labute approximate surface area is 214 Å². The first-order valence-electron chi connectivity index (χ1n) is 11.6. The largest absolute Gasteiger partial charge is 0.418 e. The third-order valence-electron chi connectivity index (χ3n) is 5.45. The summed E-state index contributed by atoms with van der Waals surface area (Å²) < 4.78 is 86.6. The molecule has 0 atom stereocenters. The van der Waals surface area contributed by atoms with Gasteiger partial charge in [0.25, 0.3) is 0 Å². The molecule has 0 unspecified atom stereocenters. The van der Waals surface area contributed by atoms with E-state index in [0.29, 0.717) is 12.0 Å². The Kier molecular flexibility index (Phi) is 7.54. The molecule has 6 nitrogen and oxygen atoms in total. The number of nitrogens with one attached hydrogen (secondary N) is 1. The highest BCUT2D eigenvalue weighted by Crippen LogP contribution is 2.37. The van der Waals surface area contributed by atoms with E-state index in [1.807, 2.05) is 13.8 Å². The minimum Gasteiger partial charge on any atom is -0.373 e. The number of hydrogen-bond donors (Lipinski definition) is 1. The van der Waals surface area contributed by atoms with Crippen molar-refractivity contribution < 1.29 is 31.1 Å². The smallest absolute Gasteiger partial charge is 0.373 e. The normalized spacial score (nSPS) is 12.4. The molecule has 200 valence electrons. The second-order valence-corrected chi connectivity index (χ2v) is 9.01. The van der Waals surface area contributed by atoms with Crippen molar-refractivity contribution in [2.75, 3.05) is 11.9 Å². The van der Waals surface area contributed by atoms with E-state index >= 15 is 0 Å². The van der Waals surface area contributed by atoms with Gasteiger partial charge in [0.2, 0.25) is 0 Å². The number of pyridine rings is 2. The predicted octanol–water partition coefficient (Wildman–Crippen LogP) is 7.35. The van der Waals surface area contributed by atoms with Crippen LogP contribution < -0.4 is 5.32 Å². The molecule has 4 aromatic rings. The number of nitrogens with zero attached hydrogens (tertiary/aromatic N) is 4. The van der Waals surface area contributed by atoms with Gasteiger partial charge in [0, 0.05) is 18.5 Å². The average molecular weight is 535 g/mol. The number of rotatable bonds is 7. The highest BCUT2D eigenvalue weighted by atomic mass is 19.4. The van der Waals surface area contributed by atoms with Gasteiger partial charge in [-0.2, -0.15) is 26.3 Å². The second-order valence-electron chi connectivity index (χ2n) is 9.01. The zero-order valence-electron chi connectivity index (χ0n) is 20.6. The molecule has 0 fully saturated rings. The maximum absolute atomic E-state index is 13.6. The topological polar surface area (TPSA) is 72.8 Å². The van der Waals surface area contributed by atoms with Gasteiger partial charge in [0.1, 0.15) is 18.1 Å². The monoisotopic (exact) mass is 535 g/mol. The number of fused-ring (bicyclic) bond motifs is 1. The molecule has 12 heteroatoms. The van der Waals surface area contributed by atoms with Crippen LogP contribution in [-0.4, -0.2) is 26.5 Å². The highest BCUT2D eigenvalue weighted by molar-refractivity contribution is 5.90. The van der Waals surface area contributed by atoms with Gasteiger partial charge in [-0.15, -0.1) is 0 Å². The number of anilines is 2. The fourth-order valence-corrected chi connectivity index (χ4v) is 3.71. The Bertz CT molecular complexity index is 1450. The first-order valence-corrected chi connectivity index (χ1v) is 11.6. The molecule has 1 aromatic carbocycles. The summed E-state index contributed by atoms with van der Waals surface area (Å²) in [6, 6.07) is 8.63. The van der Waals surface area contributed by atoms with Crippen molar-refractivity contribution in [3.05, 3.63) is 71.2 Å². The van der Waals surface area contributed by atoms with Crippen LogP contribution in [0.25, 0.3) is 22.4 Å². The Balaban J connectivity index is 1.81. The van der Waals surface area contributed by atoms with Gasteiger partial charge in [-0.05, 0) is 54.8 Å². The molecule has 0 radical (unpaired) electrons. The number of aromatic nitrogens is 4. The van der Waals surface area contributed by atoms with Gasteiger partial charge < -0.3 is 10.1 Å². The Morgan fingerprint density at radius 2 is 1.63 bits per heavy atom. The van der Waals surface area contributed by atoms with Crippen molar-refractivity contribution in [1.82, 2.24) is 19.9 Å². The molecule has 1 N–H and O–H groups in total. The number of ether oxygens (including phenoxy) is 1. The molecule has 0 saturated heterocycles. The van der Waals surface area contributed by atoms with Crippen LogP contribution in [0.2, 0.25) is 0 Å². The summed E-state index contributed by atoms with van der Waals surface area (Å²) in [7, 11) is 0. The van der Waals surface area contributed by atoms with Gasteiger partial charge in [0.05, 0.1) is 22.2 Å². The summed E-state index contributed by atoms with van der Waals surface area (Å²) in [4.78, 5) is 16.9. The molecule has 0 bridgehead atoms. The van der Waals surface area contributed by atoms with Gasteiger partial charge in [0.15, 0.2) is 11.5 Å². The average Bonchev–Trinajstić information content (AvgIpc) is 2.83. The van der Waals surface area contributed by atoms with Crippen LogP contribution in [0.4, 0.5) is 37.8 Å². The van der Waals surface area contributed by atoms with Crippen LogP contribution in [-0.2, 0) is 23.7 Å². The number of halogens is 6. The van der Waals surface area contributed by atoms with Crippen LogP contribution in [0.1, 0.15) is 36.4 Å². The molecule has 38 heavy (non-hydrogen) atoms. The summed E-state index contributed by atoms with van der Waals surface area (Å²) in [5.41, 5.74) is -2.01. The molecule has 0 aliphatic carbocycles. The lowest BCUT2D eigenvalue weighted by Crippen LogP contribution is -2.10. The van der Waals surface area contributed by atoms with E-state index in [2.05, 4.69) is 25.3 Å². The third-order valence-corrected chi connectivity index (χ3v) is 5.45. The fraction of sp³-hybridized carbons (Fsp3) is 0.308. The van der Waals surface area contributed by atoms with E-state index in [1.54, 1.807) is 0 Å². The predicted molar refractivity (Wildman–Crippen MR) is 130 cm³/mol. The van der Waals surface area contributed by atoms with Crippen molar-refractivity contribution in [2.45, 2.75) is 39.7 Å². The van der Waals surface area contributed by atoms with Crippen molar-refractivity contribution in [1.29, 1.82) is 0 Å². The van der Waals surface area contributed by atoms with Gasteiger partial charge >= 0.3 is 12.4 Å². The van der Waals surface area contributed by atoms with Crippen LogP contribution >= 0.6 is 0 Å². The maximum atomic E-state index is 13.6. The molecule has 0 spiro atoms. The SMILES string of the molecule is Cc1ccc(Nc2nc(COCC(C)C)nc3nc(-c4ncccc4C(F)(F)F)ccc23)cc1C(F)(F)F. The first kappa shape index (κ1) is 27.2. The van der Waals surface area contributed by atoms with Crippen molar-refractivity contribution in [2.24, 2.45) is 5.92 Å². The van der Waals surface area contributed by atoms with E-state index in [4.69, 9.17) is 4.74 Å². The third kappa shape index (κ3) is 6.18. The summed E-state index contributed by atoms with van der Waals surface area (Å²) in [5, 5.41) is 3.17. The number of alkyl halides is 6. The van der Waals surface area contributed by atoms with E-state index in [-0.39, 0.29) is 52.5 Å². The van der Waals surface area contributed by atoms with Gasteiger partial charge in [-0.3, -0.25) is 4.98 Å². The van der Waals surface area contributed by atoms with Crippen molar-refractivity contribution in [3.63, 3.8) is 0 Å². The Morgan fingerprint density at radius 3 is 2.32 bits per heavy atom. The lowest BCUT2D eigenvalue weighted by atomic mass is 10.1. The minimum atomic E-state index is -4.66. The van der Waals surface area contributed by atoms with E-state index in [9.17, 15) is 26.3 Å². The highest BCUT2D eigenvalue weighted by Gasteiger charge is 2.35. The quantitative estimate of drug-likeness (QED) is 0.250. The molecule has 4 rings (SSSR count). The van der Waals surface area contributed by atoms with Crippen LogP contribution in [0.5, 0.6) is 0 Å². The summed E-state index contributed by atoms with van der Waals surface area (Å²) >= 11 is 0. The summed E-state index contributed by atoms with van der Waals surface area (Å²) in [6.45, 7) is 5.61. The Morgan fingerprint density at radius 1 is 0.895 bits per heavy atom. The molecule has 0 aliphatic rings.